The first-order chi connectivity index (χ1) is 22.2. The first-order valence-electron chi connectivity index (χ1n) is 18.1. The van der Waals surface area contributed by atoms with Crippen molar-refractivity contribution in [2.45, 2.75) is 109 Å². The quantitative estimate of drug-likeness (QED) is 0.288. The zero-order valence-electron chi connectivity index (χ0n) is 30.0. The molecule has 0 amide bonds. The van der Waals surface area contributed by atoms with Gasteiger partial charge in [-0.3, -0.25) is 5.32 Å². The van der Waals surface area contributed by atoms with Gasteiger partial charge in [0, 0.05) is 23.4 Å². The van der Waals surface area contributed by atoms with Crippen LogP contribution in [0.15, 0.2) is 12.1 Å². The van der Waals surface area contributed by atoms with Gasteiger partial charge in [-0.15, -0.1) is 0 Å². The van der Waals surface area contributed by atoms with E-state index in [2.05, 4.69) is 52.0 Å². The van der Waals surface area contributed by atoms with Crippen LogP contribution in [-0.2, 0) is 9.47 Å². The zero-order chi connectivity index (χ0) is 33.7. The first-order valence-corrected chi connectivity index (χ1v) is 18.1. The van der Waals surface area contributed by atoms with E-state index in [1.165, 1.54) is 59.2 Å². The monoisotopic (exact) mass is 656 g/mol. The van der Waals surface area contributed by atoms with Crippen LogP contribution in [0.4, 0.5) is 0 Å². The Morgan fingerprint density at radius 1 is 0.957 bits per heavy atom. The molecule has 9 nitrogen and oxygen atoms in total. The summed E-state index contributed by atoms with van der Waals surface area (Å²) >= 11 is 0. The van der Waals surface area contributed by atoms with E-state index in [9.17, 15) is 15.3 Å². The van der Waals surface area contributed by atoms with Crippen LogP contribution in [0.2, 0.25) is 0 Å². The number of hydrogen-bond acceptors (Lipinski definition) is 9. The Kier molecular flexibility index (Phi) is 8.25. The molecule has 9 heteroatoms. The average Bonchev–Trinajstić information content (AvgIpc) is 3.65. The van der Waals surface area contributed by atoms with Crippen molar-refractivity contribution < 1.29 is 34.3 Å². The van der Waals surface area contributed by atoms with Crippen molar-refractivity contribution >= 4 is 0 Å². The van der Waals surface area contributed by atoms with E-state index in [1.54, 1.807) is 12.1 Å². The van der Waals surface area contributed by atoms with E-state index in [4.69, 9.17) is 18.9 Å². The molecule has 6 fully saturated rings. The number of hydrogen-bond donors (Lipinski definition) is 4. The second kappa shape index (κ2) is 11.5. The molecule has 13 atom stereocenters. The van der Waals surface area contributed by atoms with Gasteiger partial charge in [0.2, 0.25) is 5.75 Å². The Morgan fingerprint density at radius 3 is 2.28 bits per heavy atom. The predicted molar refractivity (Wildman–Crippen MR) is 179 cm³/mol. The van der Waals surface area contributed by atoms with Crippen LogP contribution < -0.4 is 14.8 Å². The predicted octanol–water partition coefficient (Wildman–Crippen LogP) is 5.11. The van der Waals surface area contributed by atoms with Gasteiger partial charge >= 0.3 is 0 Å². The number of aliphatic hydroxyl groups excluding tert-OH is 2. The SMILES string of the molecule is COc1cc([C@H](O)[C@@H](O)CO[C@@H]2C[C@@]3(C)[C@@H]4CCC5[C@@]6(CC[C@@H]7NCOC[C@@]57C)C[C@@]46CC[C@]3(C)[C@H]2C(C)N(C)C)cc(OC)c1O. The summed E-state index contributed by atoms with van der Waals surface area (Å²) in [5.74, 6) is 1.92. The summed E-state index contributed by atoms with van der Waals surface area (Å²) in [7, 11) is 7.25. The lowest BCUT2D eigenvalue weighted by atomic mass is 9.41. The maximum absolute atomic E-state index is 11.3. The van der Waals surface area contributed by atoms with Crippen LogP contribution in [0.25, 0.3) is 0 Å². The zero-order valence-corrected chi connectivity index (χ0v) is 30.0. The largest absolute Gasteiger partial charge is 0.502 e. The van der Waals surface area contributed by atoms with Crippen molar-refractivity contribution in [1.29, 1.82) is 0 Å². The van der Waals surface area contributed by atoms with Gasteiger partial charge in [-0.2, -0.15) is 0 Å². The molecule has 6 aliphatic rings. The fourth-order valence-corrected chi connectivity index (χ4v) is 13.2. The number of fused-ring (bicyclic) bond motifs is 4. The number of nitrogens with zero attached hydrogens (tertiary/aromatic N) is 1. The van der Waals surface area contributed by atoms with E-state index < -0.39 is 12.2 Å². The molecule has 47 heavy (non-hydrogen) atoms. The molecule has 5 saturated carbocycles. The van der Waals surface area contributed by atoms with Crippen molar-refractivity contribution in [3.05, 3.63) is 17.7 Å². The van der Waals surface area contributed by atoms with E-state index in [0.717, 1.165) is 18.9 Å². The molecule has 7 rings (SSSR count). The molecule has 1 aliphatic heterocycles. The summed E-state index contributed by atoms with van der Waals surface area (Å²) in [5.41, 5.74) is 1.72. The van der Waals surface area contributed by atoms with Crippen LogP contribution in [0.1, 0.15) is 90.7 Å². The number of benzene rings is 1. The first kappa shape index (κ1) is 33.9. The number of aliphatic hydroxyl groups is 2. The Bertz CT molecular complexity index is 1330. The second-order valence-electron chi connectivity index (χ2n) is 17.4. The van der Waals surface area contributed by atoms with E-state index >= 15 is 0 Å². The number of ether oxygens (including phenoxy) is 4. The van der Waals surface area contributed by atoms with E-state index in [1.807, 2.05) is 0 Å². The summed E-state index contributed by atoms with van der Waals surface area (Å²) < 4.78 is 23.5. The minimum atomic E-state index is -1.22. The molecule has 1 heterocycles. The highest BCUT2D eigenvalue weighted by molar-refractivity contribution is 5.53. The molecule has 1 aromatic carbocycles. The van der Waals surface area contributed by atoms with Crippen molar-refractivity contribution in [3.8, 4) is 17.2 Å². The van der Waals surface area contributed by atoms with Crippen molar-refractivity contribution in [2.24, 2.45) is 44.8 Å². The summed E-state index contributed by atoms with van der Waals surface area (Å²) in [6.07, 6.45) is 7.67. The van der Waals surface area contributed by atoms with Crippen molar-refractivity contribution in [2.75, 3.05) is 48.3 Å². The van der Waals surface area contributed by atoms with Gasteiger partial charge < -0.3 is 39.2 Å². The Hall–Kier alpha value is -1.62. The van der Waals surface area contributed by atoms with E-state index in [0.29, 0.717) is 47.0 Å². The lowest BCUT2D eigenvalue weighted by Crippen LogP contribution is -2.63. The highest BCUT2D eigenvalue weighted by Gasteiger charge is 2.83. The minimum Gasteiger partial charge on any atom is -0.502 e. The fourth-order valence-electron chi connectivity index (χ4n) is 13.2. The Labute approximate surface area is 281 Å². The molecule has 1 saturated heterocycles. The van der Waals surface area contributed by atoms with Gasteiger partial charge in [-0.25, -0.2) is 0 Å². The Morgan fingerprint density at radius 2 is 1.62 bits per heavy atom. The number of aromatic hydroxyl groups is 1. The van der Waals surface area contributed by atoms with Crippen LogP contribution in [0, 0.1) is 44.8 Å². The topological polar surface area (TPSA) is 113 Å². The van der Waals surface area contributed by atoms with Crippen LogP contribution in [0.3, 0.4) is 0 Å². The molecular weight excluding hydrogens is 596 g/mol. The molecule has 2 spiro atoms. The highest BCUT2D eigenvalue weighted by atomic mass is 16.5. The van der Waals surface area contributed by atoms with Gasteiger partial charge in [0.15, 0.2) is 11.5 Å². The molecular formula is C38H60N2O7. The standard InChI is InChI=1S/C38H60N2O7/c1-22(40(5)6)31-27(47-18-24(41)32(42)23-15-25(44-7)33(43)26(16-23)45-8)17-36(4)29-10-9-28-34(2)20-46-21-39-30(34)11-12-37(28)19-38(29,37)14-13-35(31,36)3/h15-16,22,24,27-32,39,41-43H,9-14,17-21H2,1-8H3/t22?,24-,27+,28?,29-,30-,31-,32-,34-,35+,36-,37+,38-/m0/s1. The number of rotatable bonds is 9. The van der Waals surface area contributed by atoms with Crippen LogP contribution in [0.5, 0.6) is 17.2 Å². The molecule has 0 aromatic heterocycles. The maximum atomic E-state index is 11.3. The molecule has 264 valence electrons. The fraction of sp³-hybridized carbons (Fsp3) is 0.842. The number of methoxy groups -OCH3 is 2. The summed E-state index contributed by atoms with van der Waals surface area (Å²) in [6, 6.07) is 3.96. The van der Waals surface area contributed by atoms with Crippen molar-refractivity contribution in [1.82, 2.24) is 10.2 Å². The van der Waals surface area contributed by atoms with Gasteiger partial charge in [0.25, 0.3) is 0 Å². The minimum absolute atomic E-state index is 0.0225. The third-order valence-corrected chi connectivity index (χ3v) is 15.8. The number of phenolic OH excluding ortho intramolecular Hbond substituents is 1. The summed E-state index contributed by atoms with van der Waals surface area (Å²) in [6.45, 7) is 11.6. The third kappa shape index (κ3) is 4.55. The normalized spacial score (nSPS) is 45.5. The number of phenols is 1. The molecule has 2 unspecified atom stereocenters. The molecule has 1 aromatic rings. The Balaban J connectivity index is 1.14. The molecule has 4 N–H and O–H groups in total. The van der Waals surface area contributed by atoms with Crippen LogP contribution in [-0.4, -0.2) is 92.8 Å². The smallest absolute Gasteiger partial charge is 0.200 e. The maximum Gasteiger partial charge on any atom is 0.200 e. The molecule has 0 bridgehead atoms. The number of nitrogens with one attached hydrogen (secondary N) is 1. The molecule has 0 radical (unpaired) electrons. The molecule has 5 aliphatic carbocycles. The lowest BCUT2D eigenvalue weighted by Gasteiger charge is -2.64. The van der Waals surface area contributed by atoms with Gasteiger partial charge in [-0.1, -0.05) is 20.8 Å². The van der Waals surface area contributed by atoms with Crippen molar-refractivity contribution in [3.63, 3.8) is 0 Å². The van der Waals surface area contributed by atoms with E-state index in [-0.39, 0.29) is 46.2 Å². The lowest BCUT2D eigenvalue weighted by molar-refractivity contribution is -0.173. The van der Waals surface area contributed by atoms with Gasteiger partial charge in [-0.05, 0) is 124 Å². The summed E-state index contributed by atoms with van der Waals surface area (Å²) in [4.78, 5) is 2.34. The van der Waals surface area contributed by atoms with Crippen LogP contribution >= 0.6 is 0 Å². The average molecular weight is 657 g/mol. The van der Waals surface area contributed by atoms with Gasteiger partial charge in [0.05, 0.1) is 40.3 Å². The highest BCUT2D eigenvalue weighted by Crippen LogP contribution is 2.89. The van der Waals surface area contributed by atoms with Gasteiger partial charge in [0.1, 0.15) is 12.2 Å². The summed E-state index contributed by atoms with van der Waals surface area (Å²) in [5, 5.41) is 36.6. The second-order valence-corrected chi connectivity index (χ2v) is 17.4. The third-order valence-electron chi connectivity index (χ3n) is 15.8.